The van der Waals surface area contributed by atoms with Gasteiger partial charge < -0.3 is 4.74 Å². The minimum absolute atomic E-state index is 0.259. The standard InChI is InChI=1S/C9H14Cl2N2OSi/c1-15(2,3)5-4-14-7-6-8(10)12-13-9(7)11/h6H,4-5H2,1-3H3. The highest BCUT2D eigenvalue weighted by Gasteiger charge is 2.13. The third-order valence-electron chi connectivity index (χ3n) is 1.80. The van der Waals surface area contributed by atoms with Crippen LogP contribution in [0.25, 0.3) is 0 Å². The first-order valence-corrected chi connectivity index (χ1v) is 9.16. The van der Waals surface area contributed by atoms with Gasteiger partial charge in [0.25, 0.3) is 0 Å². The first-order chi connectivity index (χ1) is 6.88. The van der Waals surface area contributed by atoms with Crippen LogP contribution in [0.4, 0.5) is 0 Å². The van der Waals surface area contributed by atoms with Crippen molar-refractivity contribution in [3.8, 4) is 5.75 Å². The van der Waals surface area contributed by atoms with Crippen LogP contribution < -0.4 is 4.74 Å². The van der Waals surface area contributed by atoms with Crippen LogP contribution in [0.15, 0.2) is 6.07 Å². The van der Waals surface area contributed by atoms with E-state index in [1.54, 1.807) is 6.07 Å². The van der Waals surface area contributed by atoms with Gasteiger partial charge in [-0.05, 0) is 6.04 Å². The number of hydrogen-bond donors (Lipinski definition) is 0. The second kappa shape index (κ2) is 5.14. The van der Waals surface area contributed by atoms with Crippen molar-refractivity contribution in [2.45, 2.75) is 25.7 Å². The topological polar surface area (TPSA) is 35.0 Å². The van der Waals surface area contributed by atoms with Crippen LogP contribution in [0.2, 0.25) is 36.0 Å². The molecular weight excluding hydrogens is 251 g/mol. The van der Waals surface area contributed by atoms with Gasteiger partial charge in [-0.3, -0.25) is 0 Å². The molecule has 1 heterocycles. The van der Waals surface area contributed by atoms with Crippen LogP contribution in [-0.2, 0) is 0 Å². The summed E-state index contributed by atoms with van der Waals surface area (Å²) in [6.45, 7) is 7.51. The second-order valence-corrected chi connectivity index (χ2v) is 10.8. The third kappa shape index (κ3) is 4.82. The highest BCUT2D eigenvalue weighted by molar-refractivity contribution is 6.76. The van der Waals surface area contributed by atoms with Crippen molar-refractivity contribution in [1.29, 1.82) is 0 Å². The Hall–Kier alpha value is -0.323. The Morgan fingerprint density at radius 2 is 1.93 bits per heavy atom. The molecule has 1 aromatic heterocycles. The summed E-state index contributed by atoms with van der Waals surface area (Å²) < 4.78 is 5.51. The van der Waals surface area contributed by atoms with E-state index in [1.807, 2.05) is 0 Å². The minimum Gasteiger partial charge on any atom is -0.490 e. The monoisotopic (exact) mass is 264 g/mol. The summed E-state index contributed by atoms with van der Waals surface area (Å²) in [5, 5.41) is 7.83. The largest absolute Gasteiger partial charge is 0.490 e. The summed E-state index contributed by atoms with van der Waals surface area (Å²) in [7, 11) is -1.08. The SMILES string of the molecule is C[Si](C)(C)CCOc1cc(Cl)nnc1Cl. The summed E-state index contributed by atoms with van der Waals surface area (Å²) in [6.07, 6.45) is 0. The normalized spacial score (nSPS) is 11.5. The molecule has 0 bridgehead atoms. The van der Waals surface area contributed by atoms with E-state index in [0.29, 0.717) is 17.5 Å². The molecule has 0 saturated carbocycles. The first kappa shape index (κ1) is 12.7. The molecule has 0 N–H and O–H groups in total. The Morgan fingerprint density at radius 3 is 2.53 bits per heavy atom. The lowest BCUT2D eigenvalue weighted by atomic mass is 10.5. The maximum absolute atomic E-state index is 5.80. The van der Waals surface area contributed by atoms with Crippen molar-refractivity contribution < 1.29 is 4.74 Å². The van der Waals surface area contributed by atoms with Gasteiger partial charge in [-0.25, -0.2) is 0 Å². The molecule has 15 heavy (non-hydrogen) atoms. The molecule has 0 saturated heterocycles. The fourth-order valence-corrected chi connectivity index (χ4v) is 1.90. The Morgan fingerprint density at radius 1 is 1.27 bits per heavy atom. The molecule has 1 aromatic rings. The highest BCUT2D eigenvalue weighted by Crippen LogP contribution is 2.24. The van der Waals surface area contributed by atoms with Crippen LogP contribution in [0.3, 0.4) is 0 Å². The lowest BCUT2D eigenvalue weighted by Gasteiger charge is -2.16. The lowest BCUT2D eigenvalue weighted by Crippen LogP contribution is -2.22. The smallest absolute Gasteiger partial charge is 0.193 e. The van der Waals surface area contributed by atoms with Crippen molar-refractivity contribution in [3.05, 3.63) is 16.4 Å². The summed E-state index contributed by atoms with van der Waals surface area (Å²) in [5.74, 6) is 0.509. The Kier molecular flexibility index (Phi) is 4.37. The molecule has 0 aliphatic heterocycles. The van der Waals surface area contributed by atoms with Crippen molar-refractivity contribution in [2.24, 2.45) is 0 Å². The van der Waals surface area contributed by atoms with E-state index in [4.69, 9.17) is 27.9 Å². The van der Waals surface area contributed by atoms with Gasteiger partial charge in [0.15, 0.2) is 16.1 Å². The molecule has 0 aliphatic rings. The highest BCUT2D eigenvalue weighted by atomic mass is 35.5. The molecule has 6 heteroatoms. The van der Waals surface area contributed by atoms with Crippen LogP contribution in [0.5, 0.6) is 5.75 Å². The van der Waals surface area contributed by atoms with Crippen molar-refractivity contribution in [3.63, 3.8) is 0 Å². The van der Waals surface area contributed by atoms with E-state index < -0.39 is 8.07 Å². The third-order valence-corrected chi connectivity index (χ3v) is 3.95. The number of rotatable bonds is 4. The van der Waals surface area contributed by atoms with Crippen LogP contribution in [0, 0.1) is 0 Å². The fraction of sp³-hybridized carbons (Fsp3) is 0.556. The molecular formula is C9H14Cl2N2OSi. The second-order valence-electron chi connectivity index (χ2n) is 4.48. The van der Waals surface area contributed by atoms with Gasteiger partial charge in [-0.2, -0.15) is 0 Å². The number of nitrogens with zero attached hydrogens (tertiary/aromatic N) is 2. The molecule has 3 nitrogen and oxygen atoms in total. The van der Waals surface area contributed by atoms with Crippen molar-refractivity contribution >= 4 is 31.3 Å². The minimum atomic E-state index is -1.08. The molecule has 0 amide bonds. The van der Waals surface area contributed by atoms with E-state index in [0.717, 1.165) is 6.04 Å². The zero-order valence-corrected chi connectivity index (χ0v) is 11.6. The molecule has 0 radical (unpaired) electrons. The number of aromatic nitrogens is 2. The van der Waals surface area contributed by atoms with E-state index in [9.17, 15) is 0 Å². The molecule has 0 spiro atoms. The van der Waals surface area contributed by atoms with Gasteiger partial charge in [0.05, 0.1) is 6.61 Å². The van der Waals surface area contributed by atoms with Crippen molar-refractivity contribution in [2.75, 3.05) is 6.61 Å². The summed E-state index contributed by atoms with van der Waals surface area (Å²) in [5.41, 5.74) is 0. The molecule has 0 aliphatic carbocycles. The van der Waals surface area contributed by atoms with Gasteiger partial charge in [-0.1, -0.05) is 42.8 Å². The Balaban J connectivity index is 2.54. The number of ether oxygens (including phenoxy) is 1. The van der Waals surface area contributed by atoms with E-state index in [1.165, 1.54) is 0 Å². The Bertz CT molecular complexity index is 341. The lowest BCUT2D eigenvalue weighted by molar-refractivity contribution is 0.336. The van der Waals surface area contributed by atoms with Crippen molar-refractivity contribution in [1.82, 2.24) is 10.2 Å². The average molecular weight is 265 g/mol. The van der Waals surface area contributed by atoms with Crippen LogP contribution in [-0.4, -0.2) is 24.9 Å². The summed E-state index contributed by atoms with van der Waals surface area (Å²) in [6, 6.07) is 2.66. The van der Waals surface area contributed by atoms with Crippen LogP contribution >= 0.6 is 23.2 Å². The fourth-order valence-electron chi connectivity index (χ4n) is 0.906. The number of hydrogen-bond acceptors (Lipinski definition) is 3. The molecule has 0 atom stereocenters. The van der Waals surface area contributed by atoms with Gasteiger partial charge >= 0.3 is 0 Å². The van der Waals surface area contributed by atoms with E-state index in [2.05, 4.69) is 29.8 Å². The zero-order chi connectivity index (χ0) is 11.5. The molecule has 0 fully saturated rings. The maximum Gasteiger partial charge on any atom is 0.193 e. The predicted molar refractivity (Wildman–Crippen MR) is 65.7 cm³/mol. The molecule has 0 aromatic carbocycles. The maximum atomic E-state index is 5.80. The van der Waals surface area contributed by atoms with Gasteiger partial charge in [0, 0.05) is 14.1 Å². The van der Waals surface area contributed by atoms with E-state index in [-0.39, 0.29) is 5.15 Å². The summed E-state index contributed by atoms with van der Waals surface area (Å²) in [4.78, 5) is 0. The average Bonchev–Trinajstić information content (AvgIpc) is 2.09. The first-order valence-electron chi connectivity index (χ1n) is 4.70. The van der Waals surface area contributed by atoms with Gasteiger partial charge in [0.2, 0.25) is 0 Å². The van der Waals surface area contributed by atoms with Gasteiger partial charge in [-0.15, -0.1) is 10.2 Å². The molecule has 84 valence electrons. The van der Waals surface area contributed by atoms with Crippen LogP contribution in [0.1, 0.15) is 0 Å². The number of halogens is 2. The molecule has 0 unspecified atom stereocenters. The van der Waals surface area contributed by atoms with E-state index >= 15 is 0 Å². The predicted octanol–water partition coefficient (Wildman–Crippen LogP) is 3.50. The summed E-state index contributed by atoms with van der Waals surface area (Å²) >= 11 is 11.5. The zero-order valence-electron chi connectivity index (χ0n) is 9.05. The quantitative estimate of drug-likeness (QED) is 0.781. The Labute approximate surface area is 101 Å². The van der Waals surface area contributed by atoms with Gasteiger partial charge in [0.1, 0.15) is 0 Å². The molecule has 1 rings (SSSR count).